The lowest BCUT2D eigenvalue weighted by molar-refractivity contribution is 0.127. The van der Waals surface area contributed by atoms with Gasteiger partial charge in [-0.25, -0.2) is 0 Å². The van der Waals surface area contributed by atoms with Crippen molar-refractivity contribution in [3.63, 3.8) is 0 Å². The number of phenols is 1. The molecule has 0 saturated carbocycles. The SMILES string of the molecule is CCCCCCCCCCCCCCOCCCc1ccc(O)c(OC)c1. The Morgan fingerprint density at radius 3 is 1.89 bits per heavy atom. The van der Waals surface area contributed by atoms with Crippen LogP contribution in [0.25, 0.3) is 0 Å². The molecule has 3 nitrogen and oxygen atoms in total. The van der Waals surface area contributed by atoms with Gasteiger partial charge in [-0.1, -0.05) is 83.6 Å². The zero-order valence-corrected chi connectivity index (χ0v) is 17.8. The first-order valence-corrected chi connectivity index (χ1v) is 11.2. The predicted octanol–water partition coefficient (Wildman–Crippen LogP) is 7.05. The lowest BCUT2D eigenvalue weighted by atomic mass is 10.1. The molecule has 156 valence electrons. The van der Waals surface area contributed by atoms with Gasteiger partial charge in [0.2, 0.25) is 0 Å². The summed E-state index contributed by atoms with van der Waals surface area (Å²) in [4.78, 5) is 0. The van der Waals surface area contributed by atoms with Gasteiger partial charge in [0.15, 0.2) is 11.5 Å². The maximum Gasteiger partial charge on any atom is 0.160 e. The second-order valence-electron chi connectivity index (χ2n) is 7.61. The third kappa shape index (κ3) is 12.7. The van der Waals surface area contributed by atoms with Crippen LogP contribution in [0.5, 0.6) is 11.5 Å². The van der Waals surface area contributed by atoms with E-state index in [9.17, 15) is 5.11 Å². The van der Waals surface area contributed by atoms with E-state index >= 15 is 0 Å². The molecule has 0 amide bonds. The summed E-state index contributed by atoms with van der Waals surface area (Å²) in [6.07, 6.45) is 18.5. The van der Waals surface area contributed by atoms with Gasteiger partial charge in [0.1, 0.15) is 0 Å². The molecule has 0 saturated heterocycles. The molecule has 1 aromatic carbocycles. The topological polar surface area (TPSA) is 38.7 Å². The summed E-state index contributed by atoms with van der Waals surface area (Å²) >= 11 is 0. The Bertz CT molecular complexity index is 459. The fourth-order valence-electron chi connectivity index (χ4n) is 3.40. The molecule has 0 fully saturated rings. The third-order valence-electron chi connectivity index (χ3n) is 5.14. The van der Waals surface area contributed by atoms with Crippen LogP contribution in [-0.4, -0.2) is 25.4 Å². The number of ether oxygens (including phenoxy) is 2. The van der Waals surface area contributed by atoms with Crippen molar-refractivity contribution in [2.24, 2.45) is 0 Å². The van der Waals surface area contributed by atoms with Crippen molar-refractivity contribution in [2.45, 2.75) is 96.8 Å². The molecule has 0 unspecified atom stereocenters. The number of phenolic OH excluding ortho intramolecular Hbond substituents is 1. The molecule has 1 aromatic rings. The van der Waals surface area contributed by atoms with Crippen molar-refractivity contribution in [3.8, 4) is 11.5 Å². The van der Waals surface area contributed by atoms with Gasteiger partial charge in [-0.3, -0.25) is 0 Å². The first kappa shape index (κ1) is 23.8. The Morgan fingerprint density at radius 1 is 0.741 bits per heavy atom. The number of hydrogen-bond donors (Lipinski definition) is 1. The number of methoxy groups -OCH3 is 1. The maximum atomic E-state index is 9.60. The molecule has 0 aromatic heterocycles. The molecular weight excluding hydrogens is 336 g/mol. The van der Waals surface area contributed by atoms with Gasteiger partial charge in [0.05, 0.1) is 7.11 Å². The second-order valence-corrected chi connectivity index (χ2v) is 7.61. The van der Waals surface area contributed by atoms with Crippen LogP contribution in [0.15, 0.2) is 18.2 Å². The van der Waals surface area contributed by atoms with Crippen LogP contribution in [0.4, 0.5) is 0 Å². The summed E-state index contributed by atoms with van der Waals surface area (Å²) in [6, 6.07) is 5.55. The normalized spacial score (nSPS) is 11.0. The smallest absolute Gasteiger partial charge is 0.160 e. The van der Waals surface area contributed by atoms with Crippen molar-refractivity contribution in [3.05, 3.63) is 23.8 Å². The fraction of sp³-hybridized carbons (Fsp3) is 0.750. The van der Waals surface area contributed by atoms with E-state index in [2.05, 4.69) is 6.92 Å². The van der Waals surface area contributed by atoms with Crippen LogP contribution in [-0.2, 0) is 11.2 Å². The highest BCUT2D eigenvalue weighted by Gasteiger charge is 2.02. The molecule has 0 aliphatic heterocycles. The molecule has 0 radical (unpaired) electrons. The first-order valence-electron chi connectivity index (χ1n) is 11.2. The summed E-state index contributed by atoms with van der Waals surface area (Å²) in [5.74, 6) is 0.745. The summed E-state index contributed by atoms with van der Waals surface area (Å²) in [7, 11) is 1.58. The van der Waals surface area contributed by atoms with E-state index in [4.69, 9.17) is 9.47 Å². The minimum atomic E-state index is 0.199. The van der Waals surface area contributed by atoms with Crippen molar-refractivity contribution in [2.75, 3.05) is 20.3 Å². The molecule has 0 heterocycles. The van der Waals surface area contributed by atoms with Crippen LogP contribution < -0.4 is 4.74 Å². The molecular formula is C24H42O3. The van der Waals surface area contributed by atoms with Crippen LogP contribution in [0.3, 0.4) is 0 Å². The lowest BCUT2D eigenvalue weighted by Gasteiger charge is -2.07. The zero-order chi connectivity index (χ0) is 19.6. The number of hydrogen-bond acceptors (Lipinski definition) is 3. The van der Waals surface area contributed by atoms with Gasteiger partial charge in [0.25, 0.3) is 0 Å². The average molecular weight is 379 g/mol. The Morgan fingerprint density at radius 2 is 1.30 bits per heavy atom. The quantitative estimate of drug-likeness (QED) is 0.278. The third-order valence-corrected chi connectivity index (χ3v) is 5.14. The average Bonchev–Trinajstić information content (AvgIpc) is 2.68. The highest BCUT2D eigenvalue weighted by atomic mass is 16.5. The largest absolute Gasteiger partial charge is 0.504 e. The van der Waals surface area contributed by atoms with Gasteiger partial charge < -0.3 is 14.6 Å². The Hall–Kier alpha value is -1.22. The summed E-state index contributed by atoms with van der Waals surface area (Å²) < 4.78 is 10.9. The minimum Gasteiger partial charge on any atom is -0.504 e. The Balaban J connectivity index is 1.83. The van der Waals surface area contributed by atoms with Gasteiger partial charge in [0, 0.05) is 13.2 Å². The number of aryl methyl sites for hydroxylation is 1. The van der Waals surface area contributed by atoms with Crippen molar-refractivity contribution in [1.29, 1.82) is 0 Å². The molecule has 0 atom stereocenters. The highest BCUT2D eigenvalue weighted by molar-refractivity contribution is 5.41. The van der Waals surface area contributed by atoms with Gasteiger partial charge in [-0.2, -0.15) is 0 Å². The van der Waals surface area contributed by atoms with Gasteiger partial charge in [-0.15, -0.1) is 0 Å². The summed E-state index contributed by atoms with van der Waals surface area (Å²) in [5, 5.41) is 9.60. The number of benzene rings is 1. The van der Waals surface area contributed by atoms with Crippen LogP contribution in [0.2, 0.25) is 0 Å². The van der Waals surface area contributed by atoms with E-state index in [-0.39, 0.29) is 5.75 Å². The molecule has 1 rings (SSSR count). The molecule has 0 aliphatic carbocycles. The molecule has 0 bridgehead atoms. The lowest BCUT2D eigenvalue weighted by Crippen LogP contribution is -1.99. The highest BCUT2D eigenvalue weighted by Crippen LogP contribution is 2.26. The van der Waals surface area contributed by atoms with Gasteiger partial charge in [-0.05, 0) is 37.0 Å². The van der Waals surface area contributed by atoms with Crippen LogP contribution in [0.1, 0.15) is 96.0 Å². The van der Waals surface area contributed by atoms with E-state index in [1.807, 2.05) is 12.1 Å². The zero-order valence-electron chi connectivity index (χ0n) is 17.8. The van der Waals surface area contributed by atoms with Crippen molar-refractivity contribution in [1.82, 2.24) is 0 Å². The molecule has 27 heavy (non-hydrogen) atoms. The minimum absolute atomic E-state index is 0.199. The number of unbranched alkanes of at least 4 members (excludes halogenated alkanes) is 11. The van der Waals surface area contributed by atoms with E-state index < -0.39 is 0 Å². The molecule has 0 aliphatic rings. The van der Waals surface area contributed by atoms with Gasteiger partial charge >= 0.3 is 0 Å². The first-order chi connectivity index (χ1) is 13.3. The standard InChI is InChI=1S/C24H42O3/c1-3-4-5-6-7-8-9-10-11-12-13-14-19-27-20-15-16-22-17-18-23(25)24(21-22)26-2/h17-18,21,25H,3-16,19-20H2,1-2H3. The fourth-order valence-corrected chi connectivity index (χ4v) is 3.40. The summed E-state index contributed by atoms with van der Waals surface area (Å²) in [6.45, 7) is 3.97. The number of rotatable bonds is 18. The van der Waals surface area contributed by atoms with Crippen LogP contribution >= 0.6 is 0 Å². The predicted molar refractivity (Wildman–Crippen MR) is 115 cm³/mol. The van der Waals surface area contributed by atoms with E-state index in [1.165, 1.54) is 82.6 Å². The Labute approximate surface area is 167 Å². The maximum absolute atomic E-state index is 9.60. The van der Waals surface area contributed by atoms with Crippen molar-refractivity contribution >= 4 is 0 Å². The van der Waals surface area contributed by atoms with E-state index in [0.29, 0.717) is 5.75 Å². The Kier molecular flexibility index (Phi) is 14.9. The van der Waals surface area contributed by atoms with Crippen LogP contribution in [0, 0.1) is 0 Å². The molecule has 1 N–H and O–H groups in total. The number of aromatic hydroxyl groups is 1. The van der Waals surface area contributed by atoms with E-state index in [1.54, 1.807) is 13.2 Å². The van der Waals surface area contributed by atoms with E-state index in [0.717, 1.165) is 26.1 Å². The molecule has 3 heteroatoms. The summed E-state index contributed by atoms with van der Waals surface area (Å²) in [5.41, 5.74) is 1.18. The monoisotopic (exact) mass is 378 g/mol. The van der Waals surface area contributed by atoms with Crippen molar-refractivity contribution < 1.29 is 14.6 Å². The second kappa shape index (κ2) is 16.9. The molecule has 0 spiro atoms.